The van der Waals surface area contributed by atoms with Gasteiger partial charge in [-0.2, -0.15) is 5.10 Å². The van der Waals surface area contributed by atoms with Gasteiger partial charge in [0.15, 0.2) is 11.5 Å². The predicted molar refractivity (Wildman–Crippen MR) is 79.9 cm³/mol. The molecule has 0 saturated heterocycles. The Bertz CT molecular complexity index is 701. The number of nitrogens with one attached hydrogen (secondary N) is 1. The van der Waals surface area contributed by atoms with Crippen LogP contribution >= 0.6 is 0 Å². The molecule has 7 nitrogen and oxygen atoms in total. The molecule has 3 N–H and O–H groups in total. The number of amides is 1. The number of carbonyl (C=O) groups is 1. The Morgan fingerprint density at radius 1 is 1.36 bits per heavy atom. The number of para-hydroxylation sites is 1. The van der Waals surface area contributed by atoms with E-state index in [2.05, 4.69) is 15.5 Å². The van der Waals surface area contributed by atoms with Gasteiger partial charge in [-0.05, 0) is 24.3 Å². The summed E-state index contributed by atoms with van der Waals surface area (Å²) in [6.07, 6.45) is 1.30. The van der Waals surface area contributed by atoms with Crippen LogP contribution in [-0.2, 0) is 6.61 Å². The van der Waals surface area contributed by atoms with Crippen molar-refractivity contribution in [3.05, 3.63) is 53.3 Å². The molecule has 1 heterocycles. The zero-order valence-electron chi connectivity index (χ0n) is 11.9. The highest BCUT2D eigenvalue weighted by Crippen LogP contribution is 2.27. The number of carbonyl (C=O) groups excluding carboxylic acids is 1. The van der Waals surface area contributed by atoms with E-state index in [0.29, 0.717) is 17.0 Å². The second-order valence-corrected chi connectivity index (χ2v) is 4.27. The zero-order chi connectivity index (χ0) is 15.9. The molecule has 0 unspecified atom stereocenters. The summed E-state index contributed by atoms with van der Waals surface area (Å²) in [5, 5.41) is 22.6. The Balaban J connectivity index is 2.07. The smallest absolute Gasteiger partial charge is 0.289 e. The molecular formula is C15H15N3O4. The lowest BCUT2D eigenvalue weighted by molar-refractivity contribution is 0.0949. The molecule has 0 bridgehead atoms. The van der Waals surface area contributed by atoms with E-state index >= 15 is 0 Å². The van der Waals surface area contributed by atoms with Gasteiger partial charge in [-0.1, -0.05) is 12.1 Å². The van der Waals surface area contributed by atoms with Crippen LogP contribution in [0.25, 0.3) is 0 Å². The SMILES string of the molecule is COc1cccc(/C=N/NC(=O)c2cccc(CO)n2)c1O. The van der Waals surface area contributed by atoms with Crippen LogP contribution in [0.1, 0.15) is 21.7 Å². The number of methoxy groups -OCH3 is 1. The monoisotopic (exact) mass is 301 g/mol. The normalized spacial score (nSPS) is 10.6. The van der Waals surface area contributed by atoms with E-state index in [4.69, 9.17) is 9.84 Å². The number of nitrogens with zero attached hydrogens (tertiary/aromatic N) is 2. The second-order valence-electron chi connectivity index (χ2n) is 4.27. The summed E-state index contributed by atoms with van der Waals surface area (Å²) >= 11 is 0. The predicted octanol–water partition coefficient (Wildman–Crippen LogP) is 1.05. The van der Waals surface area contributed by atoms with E-state index in [9.17, 15) is 9.90 Å². The third kappa shape index (κ3) is 3.58. The molecule has 0 atom stereocenters. The van der Waals surface area contributed by atoms with Gasteiger partial charge in [0.05, 0.1) is 25.6 Å². The number of hydrogen-bond acceptors (Lipinski definition) is 6. The highest BCUT2D eigenvalue weighted by Gasteiger charge is 2.07. The standard InChI is InChI=1S/C15H15N3O4/c1-22-13-7-2-4-10(14(13)20)8-16-18-15(21)12-6-3-5-11(9-19)17-12/h2-8,19-20H,9H2,1H3,(H,18,21)/b16-8+. The zero-order valence-corrected chi connectivity index (χ0v) is 11.9. The van der Waals surface area contributed by atoms with Crippen molar-refractivity contribution < 1.29 is 19.7 Å². The van der Waals surface area contributed by atoms with Crippen LogP contribution in [-0.4, -0.2) is 34.4 Å². The lowest BCUT2D eigenvalue weighted by Crippen LogP contribution is -2.19. The number of benzene rings is 1. The van der Waals surface area contributed by atoms with Crippen LogP contribution in [0.3, 0.4) is 0 Å². The van der Waals surface area contributed by atoms with E-state index < -0.39 is 5.91 Å². The third-order valence-electron chi connectivity index (χ3n) is 2.82. The molecule has 114 valence electrons. The summed E-state index contributed by atoms with van der Waals surface area (Å²) in [7, 11) is 1.44. The van der Waals surface area contributed by atoms with Gasteiger partial charge in [-0.25, -0.2) is 10.4 Å². The molecule has 0 spiro atoms. The molecule has 2 rings (SSSR count). The molecule has 0 saturated carbocycles. The van der Waals surface area contributed by atoms with Gasteiger partial charge >= 0.3 is 0 Å². The highest BCUT2D eigenvalue weighted by atomic mass is 16.5. The van der Waals surface area contributed by atoms with Crippen LogP contribution in [0, 0.1) is 0 Å². The number of aliphatic hydroxyl groups excluding tert-OH is 1. The van der Waals surface area contributed by atoms with Gasteiger partial charge in [0, 0.05) is 5.56 Å². The van der Waals surface area contributed by atoms with Crippen molar-refractivity contribution in [3.8, 4) is 11.5 Å². The van der Waals surface area contributed by atoms with Gasteiger partial charge in [-0.15, -0.1) is 0 Å². The van der Waals surface area contributed by atoms with Crippen molar-refractivity contribution in [2.45, 2.75) is 6.61 Å². The van der Waals surface area contributed by atoms with Crippen LogP contribution in [0.5, 0.6) is 11.5 Å². The molecule has 0 fully saturated rings. The van der Waals surface area contributed by atoms with E-state index in [1.54, 1.807) is 30.3 Å². The van der Waals surface area contributed by atoms with Gasteiger partial charge in [0.1, 0.15) is 5.69 Å². The van der Waals surface area contributed by atoms with Crippen molar-refractivity contribution in [3.63, 3.8) is 0 Å². The Kier molecular flexibility index (Phi) is 5.05. The fraction of sp³-hybridized carbons (Fsp3) is 0.133. The maximum Gasteiger partial charge on any atom is 0.289 e. The molecule has 0 aliphatic carbocycles. The van der Waals surface area contributed by atoms with Gasteiger partial charge in [0.25, 0.3) is 5.91 Å². The lowest BCUT2D eigenvalue weighted by atomic mass is 10.2. The molecule has 0 aliphatic rings. The van der Waals surface area contributed by atoms with E-state index in [1.807, 2.05) is 0 Å². The van der Waals surface area contributed by atoms with Crippen molar-refractivity contribution in [2.75, 3.05) is 7.11 Å². The first-order chi connectivity index (χ1) is 10.7. The maximum atomic E-state index is 11.9. The molecule has 1 aromatic carbocycles. The number of hydrazone groups is 1. The number of aliphatic hydroxyl groups is 1. The molecule has 7 heteroatoms. The number of pyridine rings is 1. The fourth-order valence-electron chi connectivity index (χ4n) is 1.72. The first-order valence-corrected chi connectivity index (χ1v) is 6.42. The van der Waals surface area contributed by atoms with Crippen molar-refractivity contribution >= 4 is 12.1 Å². The summed E-state index contributed by atoms with van der Waals surface area (Å²) in [5.41, 5.74) is 3.23. The molecular weight excluding hydrogens is 286 g/mol. The van der Waals surface area contributed by atoms with Crippen molar-refractivity contribution in [1.82, 2.24) is 10.4 Å². The largest absolute Gasteiger partial charge is 0.504 e. The molecule has 22 heavy (non-hydrogen) atoms. The number of phenolic OH excluding ortho intramolecular Hbond substituents is 1. The number of aromatic nitrogens is 1. The number of ether oxygens (including phenoxy) is 1. The topological polar surface area (TPSA) is 104 Å². The highest BCUT2D eigenvalue weighted by molar-refractivity contribution is 5.93. The fourth-order valence-corrected chi connectivity index (χ4v) is 1.72. The van der Waals surface area contributed by atoms with E-state index in [1.165, 1.54) is 19.4 Å². The van der Waals surface area contributed by atoms with Crippen molar-refractivity contribution in [1.29, 1.82) is 0 Å². The summed E-state index contributed by atoms with van der Waals surface area (Å²) < 4.78 is 4.98. The summed E-state index contributed by atoms with van der Waals surface area (Å²) in [4.78, 5) is 15.8. The minimum Gasteiger partial charge on any atom is -0.504 e. The average Bonchev–Trinajstić information content (AvgIpc) is 2.56. The molecule has 1 aromatic heterocycles. The second kappa shape index (κ2) is 7.19. The van der Waals surface area contributed by atoms with Gasteiger partial charge in [0.2, 0.25) is 0 Å². The first-order valence-electron chi connectivity index (χ1n) is 6.42. The van der Waals surface area contributed by atoms with Crippen LogP contribution in [0.2, 0.25) is 0 Å². The summed E-state index contributed by atoms with van der Waals surface area (Å²) in [6, 6.07) is 9.65. The van der Waals surface area contributed by atoms with Crippen LogP contribution in [0.15, 0.2) is 41.5 Å². The summed E-state index contributed by atoms with van der Waals surface area (Å²) in [5.74, 6) is -0.273. The van der Waals surface area contributed by atoms with Crippen LogP contribution in [0.4, 0.5) is 0 Å². The number of phenols is 1. The minimum absolute atomic E-state index is 0.0663. The Morgan fingerprint density at radius 3 is 2.86 bits per heavy atom. The average molecular weight is 301 g/mol. The van der Waals surface area contributed by atoms with Crippen molar-refractivity contribution in [2.24, 2.45) is 5.10 Å². The minimum atomic E-state index is -0.520. The molecule has 0 aliphatic heterocycles. The first kappa shape index (κ1) is 15.5. The number of hydrogen-bond donors (Lipinski definition) is 3. The summed E-state index contributed by atoms with van der Waals surface area (Å²) in [6.45, 7) is -0.248. The Labute approximate surface area is 126 Å². The third-order valence-corrected chi connectivity index (χ3v) is 2.82. The van der Waals surface area contributed by atoms with E-state index in [0.717, 1.165) is 0 Å². The lowest BCUT2D eigenvalue weighted by Gasteiger charge is -2.05. The Hall–Kier alpha value is -2.93. The van der Waals surface area contributed by atoms with E-state index in [-0.39, 0.29) is 18.1 Å². The quantitative estimate of drug-likeness (QED) is 0.565. The number of rotatable bonds is 5. The molecule has 1 amide bonds. The van der Waals surface area contributed by atoms with Crippen LogP contribution < -0.4 is 10.2 Å². The number of aromatic hydroxyl groups is 1. The maximum absolute atomic E-state index is 11.9. The molecule has 0 radical (unpaired) electrons. The Morgan fingerprint density at radius 2 is 2.14 bits per heavy atom. The van der Waals surface area contributed by atoms with Gasteiger partial charge in [-0.3, -0.25) is 4.79 Å². The van der Waals surface area contributed by atoms with Gasteiger partial charge < -0.3 is 14.9 Å². The molecule has 2 aromatic rings.